The van der Waals surface area contributed by atoms with E-state index in [0.29, 0.717) is 11.0 Å². The highest BCUT2D eigenvalue weighted by atomic mass is 32.2. The summed E-state index contributed by atoms with van der Waals surface area (Å²) < 4.78 is 40.6. The second kappa shape index (κ2) is 11.7. The third kappa shape index (κ3) is 8.64. The Bertz CT molecular complexity index is 645. The van der Waals surface area contributed by atoms with Crippen molar-refractivity contribution < 1.29 is 13.2 Å². The van der Waals surface area contributed by atoms with Crippen LogP contribution in [0, 0.1) is 0 Å². The third-order valence-corrected chi connectivity index (χ3v) is 6.85. The van der Waals surface area contributed by atoms with Gasteiger partial charge in [0.2, 0.25) is 0 Å². The highest BCUT2D eigenvalue weighted by molar-refractivity contribution is 8.03. The van der Waals surface area contributed by atoms with Crippen LogP contribution in [0.1, 0.15) is 43.7 Å². The van der Waals surface area contributed by atoms with Gasteiger partial charge in [-0.3, -0.25) is 0 Å². The van der Waals surface area contributed by atoms with E-state index in [2.05, 4.69) is 16.5 Å². The average Bonchev–Trinajstić information content (AvgIpc) is 3.14. The molecule has 2 aromatic rings. The largest absolute Gasteiger partial charge is 0.416 e. The molecular formula is C20H27F3N2S2. The van der Waals surface area contributed by atoms with E-state index in [1.165, 1.54) is 37.8 Å². The highest BCUT2D eigenvalue weighted by Crippen LogP contribution is 2.30. The molecule has 0 radical (unpaired) electrons. The third-order valence-electron chi connectivity index (χ3n) is 4.15. The van der Waals surface area contributed by atoms with E-state index in [1.54, 1.807) is 24.0 Å². The lowest BCUT2D eigenvalue weighted by atomic mass is 10.1. The van der Waals surface area contributed by atoms with Crippen molar-refractivity contribution >= 4 is 23.5 Å². The van der Waals surface area contributed by atoms with Crippen molar-refractivity contribution in [3.05, 3.63) is 54.1 Å². The van der Waals surface area contributed by atoms with E-state index in [0.717, 1.165) is 29.7 Å². The van der Waals surface area contributed by atoms with Gasteiger partial charge >= 0.3 is 6.18 Å². The van der Waals surface area contributed by atoms with Gasteiger partial charge in [0, 0.05) is 35.7 Å². The number of nitrogens with zero attached hydrogens (tertiary/aromatic N) is 2. The van der Waals surface area contributed by atoms with Crippen LogP contribution < -0.4 is 0 Å². The van der Waals surface area contributed by atoms with Crippen LogP contribution in [0.3, 0.4) is 0 Å². The summed E-state index contributed by atoms with van der Waals surface area (Å²) in [5, 5.41) is 0.427. The van der Waals surface area contributed by atoms with Gasteiger partial charge < -0.3 is 4.57 Å². The normalized spacial score (nSPS) is 13.0. The van der Waals surface area contributed by atoms with Gasteiger partial charge in [0.25, 0.3) is 0 Å². The number of aromatic nitrogens is 2. The monoisotopic (exact) mass is 416 g/mol. The number of halogens is 3. The Morgan fingerprint density at radius 2 is 2.04 bits per heavy atom. The molecule has 1 heterocycles. The molecule has 0 N–H and O–H groups in total. The minimum atomic E-state index is -4.28. The Hall–Kier alpha value is -1.08. The topological polar surface area (TPSA) is 17.8 Å². The number of rotatable bonds is 12. The van der Waals surface area contributed by atoms with Gasteiger partial charge in [0.15, 0.2) is 0 Å². The predicted octanol–water partition coefficient (Wildman–Crippen LogP) is 6.52. The van der Waals surface area contributed by atoms with E-state index in [4.69, 9.17) is 0 Å². The lowest BCUT2D eigenvalue weighted by molar-refractivity contribution is -0.137. The minimum absolute atomic E-state index is 0.427. The van der Waals surface area contributed by atoms with Gasteiger partial charge in [0.1, 0.15) is 0 Å². The fourth-order valence-electron chi connectivity index (χ4n) is 2.71. The molecule has 150 valence electrons. The number of hydrogen-bond acceptors (Lipinski definition) is 3. The van der Waals surface area contributed by atoms with Gasteiger partial charge in [0.05, 0.1) is 11.9 Å². The smallest absolute Gasteiger partial charge is 0.336 e. The van der Waals surface area contributed by atoms with Gasteiger partial charge in [-0.05, 0) is 23.8 Å². The molecule has 0 saturated carbocycles. The maximum Gasteiger partial charge on any atom is 0.416 e. The Labute approximate surface area is 168 Å². The van der Waals surface area contributed by atoms with Crippen molar-refractivity contribution in [1.82, 2.24) is 9.55 Å². The Morgan fingerprint density at radius 1 is 1.19 bits per heavy atom. The Morgan fingerprint density at radius 3 is 2.74 bits per heavy atom. The molecule has 1 aromatic heterocycles. The zero-order valence-electron chi connectivity index (χ0n) is 15.6. The van der Waals surface area contributed by atoms with Crippen LogP contribution in [0.4, 0.5) is 13.2 Å². The van der Waals surface area contributed by atoms with Gasteiger partial charge in [-0.1, -0.05) is 44.4 Å². The zero-order chi connectivity index (χ0) is 19.5. The molecule has 0 bridgehead atoms. The summed E-state index contributed by atoms with van der Waals surface area (Å²) in [4.78, 5) is 4.10. The van der Waals surface area contributed by atoms with E-state index < -0.39 is 11.7 Å². The van der Waals surface area contributed by atoms with Crippen molar-refractivity contribution in [2.45, 2.75) is 56.3 Å². The van der Waals surface area contributed by atoms with Crippen molar-refractivity contribution in [1.29, 1.82) is 0 Å². The molecule has 0 aliphatic heterocycles. The van der Waals surface area contributed by atoms with Crippen molar-refractivity contribution in [2.24, 2.45) is 0 Å². The zero-order valence-corrected chi connectivity index (χ0v) is 17.3. The Balaban J connectivity index is 1.83. The van der Waals surface area contributed by atoms with Crippen LogP contribution in [0.5, 0.6) is 0 Å². The van der Waals surface area contributed by atoms with Crippen LogP contribution in [0.15, 0.2) is 43.0 Å². The highest BCUT2D eigenvalue weighted by Gasteiger charge is 2.30. The second-order valence-electron chi connectivity index (χ2n) is 6.53. The maximum atomic E-state index is 12.8. The summed E-state index contributed by atoms with van der Waals surface area (Å²) in [6, 6.07) is 5.65. The first-order chi connectivity index (χ1) is 13.0. The lowest BCUT2D eigenvalue weighted by Gasteiger charge is -2.17. The molecule has 1 aromatic carbocycles. The first-order valence-corrected chi connectivity index (χ1v) is 11.5. The molecule has 1 atom stereocenters. The van der Waals surface area contributed by atoms with E-state index in [1.807, 2.05) is 24.3 Å². The van der Waals surface area contributed by atoms with Gasteiger partial charge in [-0.25, -0.2) is 4.98 Å². The molecule has 0 aliphatic carbocycles. The van der Waals surface area contributed by atoms with E-state index in [9.17, 15) is 13.2 Å². The van der Waals surface area contributed by atoms with E-state index in [-0.39, 0.29) is 0 Å². The molecule has 1 unspecified atom stereocenters. The summed E-state index contributed by atoms with van der Waals surface area (Å²) in [6.07, 6.45) is 6.27. The second-order valence-corrected chi connectivity index (χ2v) is 8.96. The van der Waals surface area contributed by atoms with Crippen LogP contribution >= 0.6 is 23.5 Å². The number of alkyl halides is 3. The Kier molecular flexibility index (Phi) is 9.62. The molecule has 7 heteroatoms. The van der Waals surface area contributed by atoms with Crippen LogP contribution in [-0.2, 0) is 18.5 Å². The maximum absolute atomic E-state index is 12.8. The summed E-state index contributed by atoms with van der Waals surface area (Å²) >= 11 is 3.67. The molecule has 0 fully saturated rings. The van der Waals surface area contributed by atoms with Crippen molar-refractivity contribution in [2.75, 3.05) is 11.5 Å². The lowest BCUT2D eigenvalue weighted by Crippen LogP contribution is -2.15. The summed E-state index contributed by atoms with van der Waals surface area (Å²) in [6.45, 7) is 3.09. The molecule has 2 rings (SSSR count). The van der Waals surface area contributed by atoms with Crippen LogP contribution in [0.25, 0.3) is 0 Å². The molecular weight excluding hydrogens is 389 g/mol. The van der Waals surface area contributed by atoms with Gasteiger partial charge in [-0.2, -0.15) is 36.7 Å². The quantitative estimate of drug-likeness (QED) is 0.367. The molecule has 0 aliphatic rings. The first-order valence-electron chi connectivity index (χ1n) is 9.30. The number of unbranched alkanes of at least 4 members (excludes halogenated alkanes) is 3. The molecule has 0 amide bonds. The van der Waals surface area contributed by atoms with Crippen molar-refractivity contribution in [3.8, 4) is 0 Å². The summed E-state index contributed by atoms with van der Waals surface area (Å²) in [7, 11) is 0. The van der Waals surface area contributed by atoms with Crippen LogP contribution in [-0.4, -0.2) is 26.3 Å². The molecule has 0 spiro atoms. The predicted molar refractivity (Wildman–Crippen MR) is 110 cm³/mol. The molecule has 27 heavy (non-hydrogen) atoms. The summed E-state index contributed by atoms with van der Waals surface area (Å²) in [5.41, 5.74) is 0.157. The van der Waals surface area contributed by atoms with Crippen molar-refractivity contribution in [3.63, 3.8) is 0 Å². The molecule has 2 nitrogen and oxygen atoms in total. The number of thioether (sulfide) groups is 2. The SMILES string of the molecule is CCCCCCSC(CSCc1cccc(C(F)(F)F)c1)Cn1ccnc1. The number of benzene rings is 1. The van der Waals surface area contributed by atoms with Gasteiger partial charge in [-0.15, -0.1) is 0 Å². The summed E-state index contributed by atoms with van der Waals surface area (Å²) in [5.74, 6) is 2.64. The molecule has 0 saturated heterocycles. The number of hydrogen-bond donors (Lipinski definition) is 0. The standard InChI is InChI=1S/C20H27F3N2S2/c1-2-3-4-5-11-27-19(13-25-10-9-24-16-25)15-26-14-17-7-6-8-18(12-17)20(21,22)23/h6-10,12,16,19H,2-5,11,13-15H2,1H3. The minimum Gasteiger partial charge on any atom is -0.336 e. The average molecular weight is 417 g/mol. The van der Waals surface area contributed by atoms with Crippen LogP contribution in [0.2, 0.25) is 0 Å². The fourth-order valence-corrected chi connectivity index (χ4v) is 5.26. The first kappa shape index (κ1) is 22.2. The fraction of sp³-hybridized carbons (Fsp3) is 0.550. The number of imidazole rings is 1. The van der Waals surface area contributed by atoms with E-state index >= 15 is 0 Å².